The predicted molar refractivity (Wildman–Crippen MR) is 112 cm³/mol. The zero-order valence-corrected chi connectivity index (χ0v) is 18.8. The van der Waals surface area contributed by atoms with E-state index in [0.717, 1.165) is 5.75 Å². The van der Waals surface area contributed by atoms with E-state index in [2.05, 4.69) is 85.8 Å². The van der Waals surface area contributed by atoms with Gasteiger partial charge in [-0.15, -0.1) is 0 Å². The Labute approximate surface area is 156 Å². The van der Waals surface area contributed by atoms with E-state index in [-0.39, 0.29) is 10.8 Å². The third-order valence-electron chi connectivity index (χ3n) is 5.50. The molecule has 0 bridgehead atoms. The largest absolute Gasteiger partial charge is 0.496 e. The Morgan fingerprint density at radius 3 is 2.08 bits per heavy atom. The van der Waals surface area contributed by atoms with Gasteiger partial charge in [-0.3, -0.25) is 0 Å². The Kier molecular flexibility index (Phi) is 5.44. The molecule has 2 rings (SSSR count). The lowest BCUT2D eigenvalue weighted by Gasteiger charge is -2.35. The first kappa shape index (κ1) is 20.0. The van der Waals surface area contributed by atoms with Crippen molar-refractivity contribution in [1.82, 2.24) is 0 Å². The summed E-state index contributed by atoms with van der Waals surface area (Å²) >= 11 is 0. The quantitative estimate of drug-likeness (QED) is 0.567. The monoisotopic (exact) mass is 355 g/mol. The average molecular weight is 356 g/mol. The van der Waals surface area contributed by atoms with Crippen molar-refractivity contribution in [3.63, 3.8) is 0 Å². The van der Waals surface area contributed by atoms with Gasteiger partial charge in [0.25, 0.3) is 0 Å². The minimum Gasteiger partial charge on any atom is -0.496 e. The maximum Gasteiger partial charge on any atom is 0.125 e. The van der Waals surface area contributed by atoms with Gasteiger partial charge >= 0.3 is 0 Å². The molecule has 0 heterocycles. The highest BCUT2D eigenvalue weighted by atomic mass is 28.3. The van der Waals surface area contributed by atoms with Crippen molar-refractivity contribution in [2.45, 2.75) is 67.0 Å². The minimum absolute atomic E-state index is 0.0596. The molecule has 0 aromatic heterocycles. The Morgan fingerprint density at radius 2 is 1.60 bits per heavy atom. The molecule has 0 spiro atoms. The van der Waals surface area contributed by atoms with Gasteiger partial charge in [-0.05, 0) is 36.3 Å². The smallest absolute Gasteiger partial charge is 0.125 e. The molecule has 0 saturated carbocycles. The second kappa shape index (κ2) is 6.79. The topological polar surface area (TPSA) is 9.23 Å². The van der Waals surface area contributed by atoms with Gasteiger partial charge in [0, 0.05) is 11.0 Å². The molecule has 1 radical (unpaired) electrons. The van der Waals surface area contributed by atoms with Gasteiger partial charge in [-0.2, -0.15) is 0 Å². The van der Waals surface area contributed by atoms with E-state index in [1.807, 2.05) is 0 Å². The summed E-state index contributed by atoms with van der Waals surface area (Å²) < 4.78 is 5.83. The summed E-state index contributed by atoms with van der Waals surface area (Å²) in [6.07, 6.45) is 4.85. The third kappa shape index (κ3) is 3.65. The molecular formula is C23H35OSi. The van der Waals surface area contributed by atoms with Crippen LogP contribution in [-0.4, -0.2) is 15.9 Å². The molecule has 25 heavy (non-hydrogen) atoms. The van der Waals surface area contributed by atoms with E-state index in [1.54, 1.807) is 12.3 Å². The number of rotatable bonds is 4. The fraction of sp³-hybridized carbons (Fsp3) is 0.565. The van der Waals surface area contributed by atoms with Crippen LogP contribution < -0.4 is 4.74 Å². The van der Waals surface area contributed by atoms with Gasteiger partial charge < -0.3 is 4.74 Å². The van der Waals surface area contributed by atoms with Crippen molar-refractivity contribution in [2.24, 2.45) is 11.3 Å². The number of ether oxygens (including phenoxy) is 1. The number of methoxy groups -OCH3 is 1. The van der Waals surface area contributed by atoms with Crippen LogP contribution in [0.4, 0.5) is 0 Å². The summed E-state index contributed by atoms with van der Waals surface area (Å²) in [5, 5.41) is 1.68. The number of hydrogen-bond donors (Lipinski definition) is 0. The standard InChI is InChI=1S/C23H35OSi/c1-15-13-16(2)20(24-8)19(14-15)23(6,7)18-12-11-17(22(3,4)5)21(18)25(9)10/h11-14,17H,1-10H3. The minimum atomic E-state index is -0.543. The maximum absolute atomic E-state index is 5.83. The fourth-order valence-electron chi connectivity index (χ4n) is 4.23. The van der Waals surface area contributed by atoms with Crippen molar-refractivity contribution in [2.75, 3.05) is 7.11 Å². The van der Waals surface area contributed by atoms with Crippen LogP contribution in [0.15, 0.2) is 35.1 Å². The van der Waals surface area contributed by atoms with Crippen LogP contribution in [0.5, 0.6) is 5.75 Å². The lowest BCUT2D eigenvalue weighted by molar-refractivity contribution is 0.339. The molecule has 0 fully saturated rings. The number of allylic oxidation sites excluding steroid dienone is 4. The first-order valence-corrected chi connectivity index (χ1v) is 11.8. The van der Waals surface area contributed by atoms with Crippen LogP contribution in [-0.2, 0) is 5.41 Å². The van der Waals surface area contributed by atoms with E-state index >= 15 is 0 Å². The average Bonchev–Trinajstić information content (AvgIpc) is 2.92. The van der Waals surface area contributed by atoms with Crippen LogP contribution in [0.1, 0.15) is 51.3 Å². The number of aryl methyl sites for hydroxylation is 2. The summed E-state index contributed by atoms with van der Waals surface area (Å²) in [5.74, 6) is 1.58. The lowest BCUT2D eigenvalue weighted by Crippen LogP contribution is -2.29. The Balaban J connectivity index is 2.71. The Bertz CT molecular complexity index is 714. The molecule has 1 nitrogen and oxygen atoms in total. The molecule has 1 atom stereocenters. The van der Waals surface area contributed by atoms with Crippen LogP contribution in [0.25, 0.3) is 0 Å². The summed E-state index contributed by atoms with van der Waals surface area (Å²) in [6.45, 7) is 21.0. The van der Waals surface area contributed by atoms with E-state index < -0.39 is 8.80 Å². The zero-order valence-electron chi connectivity index (χ0n) is 17.8. The predicted octanol–water partition coefficient (Wildman–Crippen LogP) is 6.41. The van der Waals surface area contributed by atoms with Crippen LogP contribution >= 0.6 is 0 Å². The van der Waals surface area contributed by atoms with Gasteiger partial charge in [0.2, 0.25) is 0 Å². The number of hydrogen-bond acceptors (Lipinski definition) is 1. The molecule has 1 aliphatic carbocycles. The third-order valence-corrected chi connectivity index (χ3v) is 7.16. The van der Waals surface area contributed by atoms with Crippen molar-refractivity contribution in [3.8, 4) is 5.75 Å². The first-order valence-electron chi connectivity index (χ1n) is 9.30. The number of benzene rings is 1. The zero-order chi connectivity index (χ0) is 19.2. The molecule has 0 aliphatic heterocycles. The second-order valence-electron chi connectivity index (χ2n) is 9.32. The fourth-order valence-corrected chi connectivity index (χ4v) is 6.31. The van der Waals surface area contributed by atoms with E-state index in [9.17, 15) is 0 Å². The van der Waals surface area contributed by atoms with Gasteiger partial charge in [0.1, 0.15) is 5.75 Å². The van der Waals surface area contributed by atoms with E-state index in [0.29, 0.717) is 5.92 Å². The molecular weight excluding hydrogens is 320 g/mol. The van der Waals surface area contributed by atoms with Gasteiger partial charge in [0.05, 0.1) is 15.9 Å². The molecule has 2 heteroatoms. The first-order chi connectivity index (χ1) is 11.4. The Morgan fingerprint density at radius 1 is 1.00 bits per heavy atom. The van der Waals surface area contributed by atoms with E-state index in [4.69, 9.17) is 4.74 Å². The van der Waals surface area contributed by atoms with Gasteiger partial charge in [-0.25, -0.2) is 0 Å². The molecule has 1 aromatic carbocycles. The highest BCUT2D eigenvalue weighted by molar-refractivity contribution is 6.64. The van der Waals surface area contributed by atoms with Crippen LogP contribution in [0.2, 0.25) is 13.1 Å². The molecule has 0 saturated heterocycles. The summed E-state index contributed by atoms with van der Waals surface area (Å²) in [4.78, 5) is 0. The lowest BCUT2D eigenvalue weighted by atomic mass is 9.75. The van der Waals surface area contributed by atoms with Crippen molar-refractivity contribution in [3.05, 3.63) is 51.7 Å². The molecule has 0 N–H and O–H groups in total. The summed E-state index contributed by atoms with van der Waals surface area (Å²) in [6, 6.07) is 4.53. The molecule has 1 unspecified atom stereocenters. The Hall–Kier alpha value is -1.28. The van der Waals surface area contributed by atoms with Crippen LogP contribution in [0, 0.1) is 25.2 Å². The molecule has 1 aliphatic rings. The molecule has 137 valence electrons. The van der Waals surface area contributed by atoms with Crippen LogP contribution in [0.3, 0.4) is 0 Å². The van der Waals surface area contributed by atoms with Crippen molar-refractivity contribution in [1.29, 1.82) is 0 Å². The molecule has 0 amide bonds. The van der Waals surface area contributed by atoms with Gasteiger partial charge in [0.15, 0.2) is 0 Å². The van der Waals surface area contributed by atoms with Gasteiger partial charge in [-0.1, -0.05) is 82.8 Å². The van der Waals surface area contributed by atoms with Crippen molar-refractivity contribution >= 4 is 8.80 Å². The summed E-state index contributed by atoms with van der Waals surface area (Å²) in [5.41, 5.74) is 5.54. The highest BCUT2D eigenvalue weighted by Crippen LogP contribution is 2.48. The highest BCUT2D eigenvalue weighted by Gasteiger charge is 2.39. The normalized spacial score (nSPS) is 18.4. The van der Waals surface area contributed by atoms with Crippen molar-refractivity contribution < 1.29 is 4.74 Å². The molecule has 1 aromatic rings. The van der Waals surface area contributed by atoms with E-state index in [1.165, 1.54) is 22.3 Å². The summed E-state index contributed by atoms with van der Waals surface area (Å²) in [7, 11) is 1.25. The maximum atomic E-state index is 5.83. The SMILES string of the molecule is COc1c(C)cc(C)cc1C(C)(C)C1=C([Si](C)C)C(C(C)(C)C)C=C1. The second-order valence-corrected chi connectivity index (χ2v) is 11.9.